The quantitative estimate of drug-likeness (QED) is 0.754. The molecule has 2 aliphatic rings. The molecular formula is C17H15BrN2O. The van der Waals surface area contributed by atoms with E-state index in [-0.39, 0.29) is 5.78 Å². The van der Waals surface area contributed by atoms with Crippen molar-refractivity contribution in [3.05, 3.63) is 34.3 Å². The van der Waals surface area contributed by atoms with Gasteiger partial charge < -0.3 is 0 Å². The predicted molar refractivity (Wildman–Crippen MR) is 81.1 cm³/mol. The second-order valence-electron chi connectivity index (χ2n) is 6.05. The molecule has 0 heterocycles. The monoisotopic (exact) mass is 342 g/mol. The maximum absolute atomic E-state index is 12.8. The molecule has 0 unspecified atom stereocenters. The number of halogens is 1. The topological polar surface area (TPSA) is 64.7 Å². The highest BCUT2D eigenvalue weighted by Gasteiger charge is 2.80. The van der Waals surface area contributed by atoms with Gasteiger partial charge in [-0.05, 0) is 25.0 Å². The van der Waals surface area contributed by atoms with E-state index < -0.39 is 16.7 Å². The Kier molecular flexibility index (Phi) is 3.38. The van der Waals surface area contributed by atoms with Crippen LogP contribution < -0.4 is 0 Å². The number of rotatable bonds is 2. The van der Waals surface area contributed by atoms with Crippen LogP contribution in [0.25, 0.3) is 0 Å². The molecule has 21 heavy (non-hydrogen) atoms. The van der Waals surface area contributed by atoms with E-state index >= 15 is 0 Å². The van der Waals surface area contributed by atoms with Gasteiger partial charge in [0.25, 0.3) is 0 Å². The molecule has 2 saturated carbocycles. The first-order valence-corrected chi connectivity index (χ1v) is 8.03. The molecular weight excluding hydrogens is 328 g/mol. The Hall–Kier alpha value is -1.65. The number of nitrogens with zero attached hydrogens (tertiary/aromatic N) is 2. The van der Waals surface area contributed by atoms with E-state index in [1.54, 1.807) is 12.1 Å². The molecule has 1 atom stereocenters. The highest BCUT2D eigenvalue weighted by atomic mass is 79.9. The van der Waals surface area contributed by atoms with Crippen LogP contribution in [0.5, 0.6) is 0 Å². The molecule has 0 saturated heterocycles. The molecule has 0 aromatic heterocycles. The van der Waals surface area contributed by atoms with Crippen LogP contribution in [-0.2, 0) is 0 Å². The third-order valence-corrected chi connectivity index (χ3v) is 5.71. The van der Waals surface area contributed by atoms with E-state index in [1.807, 2.05) is 12.1 Å². The molecule has 1 spiro atoms. The molecule has 0 radical (unpaired) electrons. The van der Waals surface area contributed by atoms with Gasteiger partial charge in [0.1, 0.15) is 0 Å². The summed E-state index contributed by atoms with van der Waals surface area (Å²) in [5, 5.41) is 19.1. The summed E-state index contributed by atoms with van der Waals surface area (Å²) in [6.07, 6.45) is 4.79. The minimum Gasteiger partial charge on any atom is -0.294 e. The minimum atomic E-state index is -1.11. The lowest BCUT2D eigenvalue weighted by Gasteiger charge is -2.22. The second kappa shape index (κ2) is 4.97. The fourth-order valence-corrected chi connectivity index (χ4v) is 4.33. The van der Waals surface area contributed by atoms with Crippen molar-refractivity contribution in [2.75, 3.05) is 0 Å². The Labute approximate surface area is 132 Å². The number of hydrogen-bond donors (Lipinski definition) is 0. The van der Waals surface area contributed by atoms with Gasteiger partial charge in [-0.3, -0.25) is 4.79 Å². The Morgan fingerprint density at radius 2 is 1.67 bits per heavy atom. The number of hydrogen-bond acceptors (Lipinski definition) is 3. The normalized spacial score (nSPS) is 24.8. The summed E-state index contributed by atoms with van der Waals surface area (Å²) >= 11 is 3.35. The van der Waals surface area contributed by atoms with Gasteiger partial charge in [-0.25, -0.2) is 0 Å². The van der Waals surface area contributed by atoms with Gasteiger partial charge in [-0.15, -0.1) is 0 Å². The van der Waals surface area contributed by atoms with Crippen LogP contribution in [0.3, 0.4) is 0 Å². The van der Waals surface area contributed by atoms with Crippen LogP contribution in [0, 0.1) is 39.4 Å². The van der Waals surface area contributed by atoms with Gasteiger partial charge in [-0.1, -0.05) is 47.3 Å². The fraction of sp³-hybridized carbons (Fsp3) is 0.471. The Morgan fingerprint density at radius 1 is 1.10 bits per heavy atom. The van der Waals surface area contributed by atoms with Crippen LogP contribution in [0.15, 0.2) is 28.7 Å². The van der Waals surface area contributed by atoms with E-state index in [0.29, 0.717) is 5.56 Å². The third kappa shape index (κ3) is 1.86. The van der Waals surface area contributed by atoms with Crippen molar-refractivity contribution in [1.29, 1.82) is 10.5 Å². The number of carbonyl (C=O) groups excluding carboxylic acids is 1. The molecule has 3 nitrogen and oxygen atoms in total. The van der Waals surface area contributed by atoms with Gasteiger partial charge in [0.05, 0.1) is 18.1 Å². The first-order valence-electron chi connectivity index (χ1n) is 7.23. The van der Waals surface area contributed by atoms with Crippen molar-refractivity contribution >= 4 is 21.7 Å². The van der Waals surface area contributed by atoms with Gasteiger partial charge in [0, 0.05) is 15.5 Å². The largest absolute Gasteiger partial charge is 0.294 e. The Bertz CT molecular complexity index is 646. The van der Waals surface area contributed by atoms with Gasteiger partial charge in [0.2, 0.25) is 0 Å². The lowest BCUT2D eigenvalue weighted by molar-refractivity contribution is 0.0937. The van der Waals surface area contributed by atoms with Crippen LogP contribution in [0.2, 0.25) is 0 Å². The number of Topliss-reactive ketones (excluding diaryl/α,β-unsaturated/α-hetero) is 1. The standard InChI is InChI=1S/C17H15BrN2O/c18-13-6-4-12(5-7-13)14(21)15-16(8-2-1-3-9-16)17(15,10-19)11-20/h4-7,15H,1-3,8-9H2/t15-/m1/s1. The lowest BCUT2D eigenvalue weighted by Crippen LogP contribution is -2.16. The van der Waals surface area contributed by atoms with Gasteiger partial charge in [-0.2, -0.15) is 10.5 Å². The summed E-state index contributed by atoms with van der Waals surface area (Å²) < 4.78 is 0.911. The molecule has 1 aromatic rings. The van der Waals surface area contributed by atoms with Crippen LogP contribution in [-0.4, -0.2) is 5.78 Å². The van der Waals surface area contributed by atoms with Crippen molar-refractivity contribution in [2.24, 2.45) is 16.7 Å². The number of benzene rings is 1. The fourth-order valence-electron chi connectivity index (χ4n) is 4.07. The molecule has 2 fully saturated rings. The summed E-state index contributed by atoms with van der Waals surface area (Å²) in [4.78, 5) is 12.8. The first kappa shape index (κ1) is 14.3. The first-order chi connectivity index (χ1) is 10.1. The molecule has 0 aliphatic heterocycles. The van der Waals surface area contributed by atoms with E-state index in [1.165, 1.54) is 0 Å². The highest BCUT2D eigenvalue weighted by molar-refractivity contribution is 9.10. The molecule has 4 heteroatoms. The summed E-state index contributed by atoms with van der Waals surface area (Å²) in [6, 6.07) is 11.5. The number of carbonyl (C=O) groups is 1. The van der Waals surface area contributed by atoms with E-state index in [2.05, 4.69) is 28.1 Å². The average Bonchev–Trinajstić information content (AvgIpc) is 3.08. The summed E-state index contributed by atoms with van der Waals surface area (Å²) in [6.45, 7) is 0. The predicted octanol–water partition coefficient (Wildman–Crippen LogP) is 4.25. The third-order valence-electron chi connectivity index (χ3n) is 5.18. The summed E-state index contributed by atoms with van der Waals surface area (Å²) in [7, 11) is 0. The zero-order chi connectivity index (χ0) is 15.1. The van der Waals surface area contributed by atoms with Crippen molar-refractivity contribution in [1.82, 2.24) is 0 Å². The Balaban J connectivity index is 1.97. The maximum atomic E-state index is 12.8. The molecule has 106 valence electrons. The molecule has 3 rings (SSSR count). The number of ketones is 1. The maximum Gasteiger partial charge on any atom is 0.169 e. The van der Waals surface area contributed by atoms with Crippen LogP contribution in [0.4, 0.5) is 0 Å². The smallest absolute Gasteiger partial charge is 0.169 e. The zero-order valence-corrected chi connectivity index (χ0v) is 13.2. The molecule has 2 aliphatic carbocycles. The highest BCUT2D eigenvalue weighted by Crippen LogP contribution is 2.75. The van der Waals surface area contributed by atoms with Crippen molar-refractivity contribution in [3.63, 3.8) is 0 Å². The minimum absolute atomic E-state index is 0.0486. The van der Waals surface area contributed by atoms with Crippen LogP contribution in [0.1, 0.15) is 42.5 Å². The van der Waals surface area contributed by atoms with E-state index in [9.17, 15) is 15.3 Å². The lowest BCUT2D eigenvalue weighted by atomic mass is 9.80. The molecule has 0 amide bonds. The Morgan fingerprint density at radius 3 is 2.19 bits per heavy atom. The second-order valence-corrected chi connectivity index (χ2v) is 6.97. The van der Waals surface area contributed by atoms with E-state index in [4.69, 9.17) is 0 Å². The number of nitriles is 2. The van der Waals surface area contributed by atoms with Gasteiger partial charge >= 0.3 is 0 Å². The summed E-state index contributed by atoms with van der Waals surface area (Å²) in [5.41, 5.74) is -0.920. The van der Waals surface area contributed by atoms with E-state index in [0.717, 1.165) is 36.6 Å². The van der Waals surface area contributed by atoms with Crippen molar-refractivity contribution in [2.45, 2.75) is 32.1 Å². The zero-order valence-electron chi connectivity index (χ0n) is 11.6. The average molecular weight is 343 g/mol. The van der Waals surface area contributed by atoms with Crippen molar-refractivity contribution < 1.29 is 4.79 Å². The molecule has 1 aromatic carbocycles. The van der Waals surface area contributed by atoms with Crippen LogP contribution >= 0.6 is 15.9 Å². The molecule has 0 bridgehead atoms. The van der Waals surface area contributed by atoms with Gasteiger partial charge in [0.15, 0.2) is 11.2 Å². The molecule has 0 N–H and O–H groups in total. The SMILES string of the molecule is N#CC1(C#N)[C@H](C(=O)c2ccc(Br)cc2)C12CCCCC2. The summed E-state index contributed by atoms with van der Waals surface area (Å²) in [5.74, 6) is -0.506. The van der Waals surface area contributed by atoms with Crippen molar-refractivity contribution in [3.8, 4) is 12.1 Å².